The van der Waals surface area contributed by atoms with Gasteiger partial charge in [0.1, 0.15) is 0 Å². The summed E-state index contributed by atoms with van der Waals surface area (Å²) >= 11 is 0. The Morgan fingerprint density at radius 2 is 1.11 bits per heavy atom. The van der Waals surface area contributed by atoms with Crippen LogP contribution in [0.3, 0.4) is 0 Å². The van der Waals surface area contributed by atoms with Crippen LogP contribution in [0.5, 0.6) is 0 Å². The van der Waals surface area contributed by atoms with Crippen molar-refractivity contribution in [2.45, 2.75) is 25.7 Å². The van der Waals surface area contributed by atoms with Crippen molar-refractivity contribution in [2.75, 3.05) is 9.34 Å². The third-order valence-corrected chi connectivity index (χ3v) is 11.7. The minimum absolute atomic E-state index is 0.359. The molecule has 0 spiro atoms. The molecular formula is C39H32N5OP. The van der Waals surface area contributed by atoms with Crippen LogP contribution >= 0.6 is 7.44 Å². The molecule has 6 nitrogen and oxygen atoms in total. The molecule has 2 aliphatic carbocycles. The van der Waals surface area contributed by atoms with Gasteiger partial charge in [0.15, 0.2) is 11.6 Å². The van der Waals surface area contributed by atoms with E-state index in [1.165, 1.54) is 11.1 Å². The van der Waals surface area contributed by atoms with Crippen LogP contribution in [0.4, 0.5) is 23.0 Å². The zero-order chi connectivity index (χ0) is 30.9. The van der Waals surface area contributed by atoms with Crippen LogP contribution in [0.2, 0.25) is 0 Å². The number of anilines is 4. The number of para-hydroxylation sites is 3. The summed E-state index contributed by atoms with van der Waals surface area (Å²) in [5.74, 6) is 1.42. The number of hydrogen-bond acceptors (Lipinski definition) is 4. The van der Waals surface area contributed by atoms with E-state index < -0.39 is 7.44 Å². The zero-order valence-corrected chi connectivity index (χ0v) is 26.2. The van der Waals surface area contributed by atoms with Crippen LogP contribution < -0.4 is 9.34 Å². The van der Waals surface area contributed by atoms with Crippen LogP contribution in [0, 0.1) is 0 Å². The highest BCUT2D eigenvalue weighted by Gasteiger charge is 2.51. The van der Waals surface area contributed by atoms with Crippen LogP contribution in [0.25, 0.3) is 22.8 Å². The van der Waals surface area contributed by atoms with Crippen molar-refractivity contribution in [1.29, 1.82) is 0 Å². The second kappa shape index (κ2) is 11.9. The lowest BCUT2D eigenvalue weighted by molar-refractivity contribution is 0.578. The van der Waals surface area contributed by atoms with Crippen molar-refractivity contribution in [1.82, 2.24) is 15.0 Å². The maximum Gasteiger partial charge on any atom is 0.300 e. The molecule has 1 unspecified atom stereocenters. The van der Waals surface area contributed by atoms with Crippen molar-refractivity contribution in [3.05, 3.63) is 162 Å². The van der Waals surface area contributed by atoms with E-state index in [2.05, 4.69) is 30.4 Å². The lowest BCUT2D eigenvalue weighted by Gasteiger charge is -2.34. The molecule has 1 atom stereocenters. The van der Waals surface area contributed by atoms with Gasteiger partial charge in [-0.15, -0.1) is 0 Å². The van der Waals surface area contributed by atoms with E-state index in [-0.39, 0.29) is 0 Å². The standard InChI is InChI=1S/C39H32N5OP/c45-46(34-27-25-30(26-28-34)29-15-5-1-6-16-29)43(33-21-11-4-12-22-33)35-23-13-14-24-36(35)44(46)39-41-37(31-17-7-2-8-18-31)40-38(42-39)32-19-9-3-10-20-32/h1-5,7-15,17-25,27H,6,16,26,28H2. The Balaban J connectivity index is 1.37. The third-order valence-electron chi connectivity index (χ3n) is 8.69. The summed E-state index contributed by atoms with van der Waals surface area (Å²) in [4.78, 5) is 15.0. The molecule has 46 heavy (non-hydrogen) atoms. The number of aromatic nitrogens is 3. The lowest BCUT2D eigenvalue weighted by Crippen LogP contribution is -2.22. The highest BCUT2D eigenvalue weighted by atomic mass is 31.2. The average molecular weight is 618 g/mol. The van der Waals surface area contributed by atoms with E-state index in [1.54, 1.807) is 0 Å². The molecule has 3 aliphatic rings. The third kappa shape index (κ3) is 4.92. The molecule has 8 rings (SSSR count). The normalized spacial score (nSPS) is 18.9. The molecule has 1 aliphatic heterocycles. The Kier molecular flexibility index (Phi) is 7.28. The Labute approximate surface area is 269 Å². The first-order valence-electron chi connectivity index (χ1n) is 15.7. The molecule has 2 heterocycles. The van der Waals surface area contributed by atoms with Gasteiger partial charge in [0, 0.05) is 22.1 Å². The summed E-state index contributed by atoms with van der Waals surface area (Å²) in [6.07, 6.45) is 14.4. The minimum Gasteiger partial charge on any atom is -0.270 e. The van der Waals surface area contributed by atoms with Gasteiger partial charge < -0.3 is 0 Å². The van der Waals surface area contributed by atoms with Gasteiger partial charge in [-0.2, -0.15) is 9.97 Å². The van der Waals surface area contributed by atoms with Gasteiger partial charge in [-0.05, 0) is 61.1 Å². The molecule has 0 fully saturated rings. The fourth-order valence-electron chi connectivity index (χ4n) is 6.45. The molecule has 5 aromatic rings. The number of nitrogens with zero attached hydrogens (tertiary/aromatic N) is 5. The Bertz CT molecular complexity index is 2030. The van der Waals surface area contributed by atoms with Crippen molar-refractivity contribution in [2.24, 2.45) is 0 Å². The largest absolute Gasteiger partial charge is 0.300 e. The molecule has 0 saturated heterocycles. The highest BCUT2D eigenvalue weighted by molar-refractivity contribution is 7.72. The summed E-state index contributed by atoms with van der Waals surface area (Å²) in [5.41, 5.74) is 6.92. The van der Waals surface area contributed by atoms with Crippen LogP contribution in [-0.2, 0) is 4.57 Å². The van der Waals surface area contributed by atoms with Crippen molar-refractivity contribution in [3.8, 4) is 22.8 Å². The van der Waals surface area contributed by atoms with E-state index in [9.17, 15) is 0 Å². The van der Waals surface area contributed by atoms with Crippen molar-refractivity contribution in [3.63, 3.8) is 0 Å². The molecule has 1 aromatic heterocycles. The average Bonchev–Trinajstić information content (AvgIpc) is 3.42. The van der Waals surface area contributed by atoms with Crippen molar-refractivity contribution >= 4 is 30.5 Å². The molecule has 224 valence electrons. The van der Waals surface area contributed by atoms with Crippen molar-refractivity contribution < 1.29 is 4.57 Å². The van der Waals surface area contributed by atoms with Gasteiger partial charge in [0.25, 0.3) is 7.44 Å². The number of fused-ring (bicyclic) bond motifs is 1. The molecule has 0 amide bonds. The second-order valence-corrected chi connectivity index (χ2v) is 14.0. The topological polar surface area (TPSA) is 62.2 Å². The van der Waals surface area contributed by atoms with Crippen LogP contribution in [-0.4, -0.2) is 15.0 Å². The molecule has 0 N–H and O–H groups in total. The minimum atomic E-state index is -3.58. The Hall–Kier alpha value is -5.32. The predicted octanol–water partition coefficient (Wildman–Crippen LogP) is 10.6. The quantitative estimate of drug-likeness (QED) is 0.177. The smallest absolute Gasteiger partial charge is 0.270 e. The zero-order valence-electron chi connectivity index (χ0n) is 25.3. The molecule has 7 heteroatoms. The fourth-order valence-corrected chi connectivity index (χ4v) is 9.52. The van der Waals surface area contributed by atoms with E-state index in [1.807, 2.05) is 125 Å². The summed E-state index contributed by atoms with van der Waals surface area (Å²) < 4.78 is 20.2. The number of hydrogen-bond donors (Lipinski definition) is 0. The van der Waals surface area contributed by atoms with E-state index >= 15 is 4.57 Å². The first kappa shape index (κ1) is 28.2. The molecule has 0 bridgehead atoms. The highest BCUT2D eigenvalue weighted by Crippen LogP contribution is 2.75. The van der Waals surface area contributed by atoms with E-state index in [4.69, 9.17) is 15.0 Å². The van der Waals surface area contributed by atoms with Crippen LogP contribution in [0.15, 0.2) is 162 Å². The van der Waals surface area contributed by atoms with Gasteiger partial charge in [-0.1, -0.05) is 121 Å². The maximum atomic E-state index is 16.3. The first-order valence-corrected chi connectivity index (χ1v) is 17.3. The molecular weight excluding hydrogens is 585 g/mol. The van der Waals surface area contributed by atoms with Gasteiger partial charge in [-0.3, -0.25) is 9.24 Å². The van der Waals surface area contributed by atoms with Gasteiger partial charge >= 0.3 is 0 Å². The molecule has 0 saturated carbocycles. The monoisotopic (exact) mass is 617 g/mol. The summed E-state index contributed by atoms with van der Waals surface area (Å²) in [7, 11) is -3.58. The van der Waals surface area contributed by atoms with Crippen LogP contribution in [0.1, 0.15) is 25.7 Å². The van der Waals surface area contributed by atoms with Gasteiger partial charge in [-0.25, -0.2) is 9.65 Å². The SMILES string of the molecule is O=P1(C2=CC=C(C3=CC=CCC3)CC2)N(c2ccccc2)c2ccccc2N1c1nc(-c2ccccc2)nc(-c2ccccc2)n1. The number of rotatable bonds is 6. The lowest BCUT2D eigenvalue weighted by atomic mass is 9.92. The second-order valence-electron chi connectivity index (χ2n) is 11.5. The van der Waals surface area contributed by atoms with Gasteiger partial charge in [0.2, 0.25) is 5.95 Å². The molecule has 0 radical (unpaired) electrons. The van der Waals surface area contributed by atoms with E-state index in [0.29, 0.717) is 24.0 Å². The summed E-state index contributed by atoms with van der Waals surface area (Å²) in [5, 5.41) is 0.867. The van der Waals surface area contributed by atoms with E-state index in [0.717, 1.165) is 52.8 Å². The first-order chi connectivity index (χ1) is 22.7. The number of benzene rings is 4. The molecule has 4 aromatic carbocycles. The fraction of sp³-hybridized carbons (Fsp3) is 0.103. The Morgan fingerprint density at radius 1 is 0.543 bits per heavy atom. The predicted molar refractivity (Wildman–Crippen MR) is 187 cm³/mol. The van der Waals surface area contributed by atoms with Gasteiger partial charge in [0.05, 0.1) is 11.4 Å². The Morgan fingerprint density at radius 3 is 1.67 bits per heavy atom. The number of allylic oxidation sites excluding steroid dienone is 8. The summed E-state index contributed by atoms with van der Waals surface area (Å²) in [6.45, 7) is 0. The summed E-state index contributed by atoms with van der Waals surface area (Å²) in [6, 6.07) is 37.9. The maximum absolute atomic E-state index is 16.3.